The van der Waals surface area contributed by atoms with E-state index in [0.717, 1.165) is 32.1 Å². The van der Waals surface area contributed by atoms with Crippen LogP contribution in [0.4, 0.5) is 0 Å². The van der Waals surface area contributed by atoms with Gasteiger partial charge in [-0.05, 0) is 51.4 Å². The molecular weight excluding hydrogens is 641 g/mol. The van der Waals surface area contributed by atoms with Crippen molar-refractivity contribution in [3.63, 3.8) is 0 Å². The highest BCUT2D eigenvalue weighted by Gasteiger charge is 2.13. The lowest BCUT2D eigenvalue weighted by Gasteiger charge is -2.16. The highest BCUT2D eigenvalue weighted by molar-refractivity contribution is 5.69. The van der Waals surface area contributed by atoms with Crippen LogP contribution < -0.4 is 0 Å². The molecule has 0 aromatic carbocycles. The van der Waals surface area contributed by atoms with Crippen molar-refractivity contribution >= 4 is 5.97 Å². The van der Waals surface area contributed by atoms with Crippen molar-refractivity contribution in [2.45, 2.75) is 245 Å². The average Bonchev–Trinajstić information content (AvgIpc) is 3.15. The van der Waals surface area contributed by atoms with Crippen LogP contribution in [0.1, 0.15) is 239 Å². The molecule has 306 valence electrons. The van der Waals surface area contributed by atoms with Crippen molar-refractivity contribution in [3.05, 3.63) is 36.5 Å². The van der Waals surface area contributed by atoms with Gasteiger partial charge in [0.2, 0.25) is 0 Å². The third-order valence-electron chi connectivity index (χ3n) is 10.2. The number of aliphatic hydroxyl groups is 1. The smallest absolute Gasteiger partial charge is 0.306 e. The summed E-state index contributed by atoms with van der Waals surface area (Å²) in [5, 5.41) is 9.61. The maximum Gasteiger partial charge on any atom is 0.306 e. The molecule has 0 bridgehead atoms. The number of unbranched alkanes of at least 4 members (excludes halogenated alkanes) is 29. The van der Waals surface area contributed by atoms with E-state index in [4.69, 9.17) is 9.47 Å². The first kappa shape index (κ1) is 50.6. The molecule has 0 aromatic rings. The Kier molecular flexibility index (Phi) is 44.5. The molecule has 0 rings (SSSR count). The van der Waals surface area contributed by atoms with Crippen LogP contribution in [0, 0.1) is 0 Å². The number of allylic oxidation sites excluding steroid dienone is 6. The second-order valence-electron chi connectivity index (χ2n) is 15.5. The SMILES string of the molecule is CCCCCCC/C=C\C/C=C\C/C=C\CCCCCCCCCCCCCOCC(CO)OC(=O)CCCCCCCCCCCCCCCC. The van der Waals surface area contributed by atoms with E-state index < -0.39 is 6.10 Å². The van der Waals surface area contributed by atoms with E-state index in [1.54, 1.807) is 0 Å². The van der Waals surface area contributed by atoms with E-state index in [-0.39, 0.29) is 12.6 Å². The Morgan fingerprint density at radius 2 is 0.808 bits per heavy atom. The van der Waals surface area contributed by atoms with Crippen molar-refractivity contribution < 1.29 is 19.4 Å². The average molecular weight is 731 g/mol. The number of rotatable bonds is 43. The summed E-state index contributed by atoms with van der Waals surface area (Å²) in [7, 11) is 0. The molecule has 0 fully saturated rings. The summed E-state index contributed by atoms with van der Waals surface area (Å²) in [6.07, 6.45) is 57.9. The molecule has 4 heteroatoms. The number of esters is 1. The van der Waals surface area contributed by atoms with Gasteiger partial charge in [-0.2, -0.15) is 0 Å². The van der Waals surface area contributed by atoms with E-state index in [0.29, 0.717) is 19.6 Å². The van der Waals surface area contributed by atoms with Crippen LogP contribution >= 0.6 is 0 Å². The summed E-state index contributed by atoms with van der Waals surface area (Å²) in [5.74, 6) is -0.199. The fourth-order valence-corrected chi connectivity index (χ4v) is 6.75. The van der Waals surface area contributed by atoms with E-state index in [9.17, 15) is 9.90 Å². The molecule has 0 amide bonds. The molecule has 0 aliphatic carbocycles. The zero-order chi connectivity index (χ0) is 37.7. The lowest BCUT2D eigenvalue weighted by molar-refractivity contribution is -0.154. The molecule has 0 aliphatic heterocycles. The first-order chi connectivity index (χ1) is 25.7. The minimum atomic E-state index is -0.532. The monoisotopic (exact) mass is 731 g/mol. The van der Waals surface area contributed by atoms with Crippen LogP contribution in [0.2, 0.25) is 0 Å². The van der Waals surface area contributed by atoms with Crippen LogP contribution in [0.15, 0.2) is 36.5 Å². The van der Waals surface area contributed by atoms with Gasteiger partial charge in [0.05, 0.1) is 13.2 Å². The van der Waals surface area contributed by atoms with Crippen molar-refractivity contribution in [1.82, 2.24) is 0 Å². The maximum absolute atomic E-state index is 12.2. The zero-order valence-corrected chi connectivity index (χ0v) is 35.1. The Bertz CT molecular complexity index is 772. The van der Waals surface area contributed by atoms with Crippen molar-refractivity contribution in [2.24, 2.45) is 0 Å². The Hall–Kier alpha value is -1.39. The standard InChI is InChI=1S/C48H90O4/c1-3-5-7-9-11-13-15-17-19-20-21-22-23-24-25-26-27-28-29-30-32-34-36-38-40-42-44-51-46-47(45-49)52-48(50)43-41-39-37-35-33-31-18-16-14-12-10-8-6-4-2/h15,17,20-21,23-24,47,49H,3-14,16,18-19,22,25-46H2,1-2H3/b17-15-,21-20-,24-23-. The van der Waals surface area contributed by atoms with Gasteiger partial charge in [-0.15, -0.1) is 0 Å². The van der Waals surface area contributed by atoms with E-state index in [1.807, 2.05) is 0 Å². The first-order valence-corrected chi connectivity index (χ1v) is 23.1. The summed E-state index contributed by atoms with van der Waals surface area (Å²) < 4.78 is 11.2. The molecule has 1 atom stereocenters. The van der Waals surface area contributed by atoms with Gasteiger partial charge in [-0.25, -0.2) is 0 Å². The number of carbonyl (C=O) groups excluding carboxylic acids is 1. The Balaban J connectivity index is 3.40. The molecule has 1 N–H and O–H groups in total. The minimum Gasteiger partial charge on any atom is -0.457 e. The van der Waals surface area contributed by atoms with Gasteiger partial charge < -0.3 is 14.6 Å². The summed E-state index contributed by atoms with van der Waals surface area (Å²) in [4.78, 5) is 12.2. The molecule has 1 unspecified atom stereocenters. The molecule has 0 radical (unpaired) electrons. The van der Waals surface area contributed by atoms with Gasteiger partial charge in [0, 0.05) is 13.0 Å². The molecule has 0 saturated carbocycles. The predicted molar refractivity (Wildman–Crippen MR) is 228 cm³/mol. The Morgan fingerprint density at radius 3 is 1.21 bits per heavy atom. The second-order valence-corrected chi connectivity index (χ2v) is 15.5. The third-order valence-corrected chi connectivity index (χ3v) is 10.2. The molecule has 0 aliphatic rings. The molecular formula is C48H90O4. The van der Waals surface area contributed by atoms with Crippen molar-refractivity contribution in [2.75, 3.05) is 19.8 Å². The van der Waals surface area contributed by atoms with Crippen molar-refractivity contribution in [1.29, 1.82) is 0 Å². The lowest BCUT2D eigenvalue weighted by atomic mass is 10.0. The quantitative estimate of drug-likeness (QED) is 0.0385. The Morgan fingerprint density at radius 1 is 0.462 bits per heavy atom. The van der Waals surface area contributed by atoms with Crippen LogP contribution in [0.3, 0.4) is 0 Å². The fraction of sp³-hybridized carbons (Fsp3) is 0.854. The number of carbonyl (C=O) groups is 1. The molecule has 4 nitrogen and oxygen atoms in total. The van der Waals surface area contributed by atoms with Crippen LogP contribution in [0.25, 0.3) is 0 Å². The van der Waals surface area contributed by atoms with Crippen LogP contribution in [-0.2, 0) is 14.3 Å². The van der Waals surface area contributed by atoms with Gasteiger partial charge in [0.25, 0.3) is 0 Å². The molecule has 0 saturated heterocycles. The van der Waals surface area contributed by atoms with E-state index in [1.165, 1.54) is 186 Å². The lowest BCUT2D eigenvalue weighted by Crippen LogP contribution is -2.27. The van der Waals surface area contributed by atoms with Gasteiger partial charge in [0.1, 0.15) is 6.10 Å². The number of ether oxygens (including phenoxy) is 2. The minimum absolute atomic E-state index is 0.169. The second kappa shape index (κ2) is 45.8. The number of hydrogen-bond donors (Lipinski definition) is 1. The van der Waals surface area contributed by atoms with Gasteiger partial charge >= 0.3 is 5.97 Å². The summed E-state index contributed by atoms with van der Waals surface area (Å²) in [6.45, 7) is 5.35. The van der Waals surface area contributed by atoms with Gasteiger partial charge in [-0.3, -0.25) is 4.79 Å². The largest absolute Gasteiger partial charge is 0.457 e. The predicted octanol–water partition coefficient (Wildman–Crippen LogP) is 15.3. The van der Waals surface area contributed by atoms with E-state index in [2.05, 4.69) is 50.3 Å². The van der Waals surface area contributed by atoms with Crippen LogP contribution in [0.5, 0.6) is 0 Å². The molecule has 0 spiro atoms. The number of hydrogen-bond acceptors (Lipinski definition) is 4. The first-order valence-electron chi connectivity index (χ1n) is 23.1. The maximum atomic E-state index is 12.2. The molecule has 0 aromatic heterocycles. The normalized spacial score (nSPS) is 12.6. The molecule has 52 heavy (non-hydrogen) atoms. The molecule has 0 heterocycles. The van der Waals surface area contributed by atoms with E-state index >= 15 is 0 Å². The highest BCUT2D eigenvalue weighted by atomic mass is 16.6. The fourth-order valence-electron chi connectivity index (χ4n) is 6.75. The van der Waals surface area contributed by atoms with Gasteiger partial charge in [-0.1, -0.05) is 217 Å². The highest BCUT2D eigenvalue weighted by Crippen LogP contribution is 2.15. The summed E-state index contributed by atoms with van der Waals surface area (Å²) in [5.41, 5.74) is 0. The number of aliphatic hydroxyl groups excluding tert-OH is 1. The summed E-state index contributed by atoms with van der Waals surface area (Å²) in [6, 6.07) is 0. The van der Waals surface area contributed by atoms with Crippen LogP contribution in [-0.4, -0.2) is 37.0 Å². The third kappa shape index (κ3) is 43.0. The Labute approximate surface area is 325 Å². The summed E-state index contributed by atoms with van der Waals surface area (Å²) >= 11 is 0. The van der Waals surface area contributed by atoms with Gasteiger partial charge in [0.15, 0.2) is 0 Å². The zero-order valence-electron chi connectivity index (χ0n) is 35.1. The topological polar surface area (TPSA) is 55.8 Å². The van der Waals surface area contributed by atoms with Crippen molar-refractivity contribution in [3.8, 4) is 0 Å².